The second kappa shape index (κ2) is 13.1. The Kier molecular flexibility index (Phi) is 8.64. The van der Waals surface area contributed by atoms with Gasteiger partial charge in [0.15, 0.2) is 4.80 Å². The molecule has 6 rings (SSSR count). The smallest absolute Gasteiger partial charge is 0.318 e. The van der Waals surface area contributed by atoms with E-state index in [2.05, 4.69) is 10.3 Å². The van der Waals surface area contributed by atoms with E-state index in [9.17, 15) is 29.8 Å². The van der Waals surface area contributed by atoms with Crippen molar-refractivity contribution >= 4 is 40.4 Å². The molecule has 14 heteroatoms. The number of para-hydroxylation sites is 1. The Bertz CT molecular complexity index is 2300. The lowest BCUT2D eigenvalue weighted by molar-refractivity contribution is -0.394. The highest BCUT2D eigenvalue weighted by Crippen LogP contribution is 2.35. The maximum atomic E-state index is 14.0. The van der Waals surface area contributed by atoms with Crippen LogP contribution < -0.4 is 29.7 Å². The van der Waals surface area contributed by atoms with Crippen LogP contribution in [0, 0.1) is 20.2 Å². The molecule has 13 nitrogen and oxygen atoms in total. The first-order chi connectivity index (χ1) is 23.1. The third kappa shape index (κ3) is 6.32. The van der Waals surface area contributed by atoms with Gasteiger partial charge >= 0.3 is 5.69 Å². The van der Waals surface area contributed by atoms with E-state index in [0.29, 0.717) is 43.2 Å². The van der Waals surface area contributed by atoms with Gasteiger partial charge in [0.2, 0.25) is 5.75 Å². The fraction of sp³-hybridized carbons (Fsp3) is 0.0882. The van der Waals surface area contributed by atoms with Crippen molar-refractivity contribution in [2.75, 3.05) is 12.4 Å². The molecule has 0 fully saturated rings. The summed E-state index contributed by atoms with van der Waals surface area (Å²) in [7, 11) is 1.54. The van der Waals surface area contributed by atoms with Gasteiger partial charge in [-0.25, -0.2) is 4.99 Å². The minimum absolute atomic E-state index is 0.160. The number of allylic oxidation sites excluding steroid dienone is 1. The second-order valence-corrected chi connectivity index (χ2v) is 11.5. The molecule has 0 bridgehead atoms. The molecule has 4 aromatic carbocycles. The number of thiazole rings is 1. The van der Waals surface area contributed by atoms with Gasteiger partial charge < -0.3 is 14.8 Å². The van der Waals surface area contributed by atoms with E-state index in [1.54, 1.807) is 67.6 Å². The predicted molar refractivity (Wildman–Crippen MR) is 178 cm³/mol. The summed E-state index contributed by atoms with van der Waals surface area (Å²) >= 11 is 1.17. The van der Waals surface area contributed by atoms with E-state index in [-0.39, 0.29) is 17.1 Å². The molecule has 5 aromatic rings. The SMILES string of the molecule is COc1cccc([C@@H]2C(C(=O)Nc3ccccc3)=C(C)N=c3s/c(=C\c4ccc(Oc5ccc([N+](=O)[O-])cc5[N+](=O)[O-])cc4)c(=O)n32)c1. The van der Waals surface area contributed by atoms with Crippen molar-refractivity contribution in [2.24, 2.45) is 4.99 Å². The number of hydrogen-bond acceptors (Lipinski definition) is 10. The van der Waals surface area contributed by atoms with Crippen LogP contribution >= 0.6 is 11.3 Å². The number of fused-ring (bicyclic) bond motifs is 1. The molecule has 1 amide bonds. The van der Waals surface area contributed by atoms with Crippen LogP contribution in [0.1, 0.15) is 24.1 Å². The van der Waals surface area contributed by atoms with Gasteiger partial charge in [0.05, 0.1) is 44.9 Å². The summed E-state index contributed by atoms with van der Waals surface area (Å²) in [6.45, 7) is 1.73. The molecule has 0 unspecified atom stereocenters. The number of amides is 1. The number of carbonyl (C=O) groups is 1. The molecular weight excluding hydrogens is 638 g/mol. The average molecular weight is 664 g/mol. The zero-order chi connectivity index (χ0) is 33.9. The van der Waals surface area contributed by atoms with E-state index in [0.717, 1.165) is 12.1 Å². The number of rotatable bonds is 9. The Labute approximate surface area is 275 Å². The summed E-state index contributed by atoms with van der Waals surface area (Å²) < 4.78 is 13.0. The number of ether oxygens (including phenoxy) is 2. The van der Waals surface area contributed by atoms with Gasteiger partial charge in [-0.1, -0.05) is 53.8 Å². The highest BCUT2D eigenvalue weighted by Gasteiger charge is 2.33. The van der Waals surface area contributed by atoms with Crippen LogP contribution in [0.2, 0.25) is 0 Å². The number of nitro benzene ring substituents is 2. The lowest BCUT2D eigenvalue weighted by Crippen LogP contribution is -2.40. The maximum Gasteiger partial charge on any atom is 0.318 e. The number of non-ortho nitro benzene ring substituents is 1. The molecule has 1 N–H and O–H groups in total. The first-order valence-corrected chi connectivity index (χ1v) is 15.2. The number of benzene rings is 4. The van der Waals surface area contributed by atoms with Crippen LogP contribution in [-0.4, -0.2) is 27.4 Å². The first-order valence-electron chi connectivity index (χ1n) is 14.4. The van der Waals surface area contributed by atoms with Crippen molar-refractivity contribution in [3.63, 3.8) is 0 Å². The molecule has 2 heterocycles. The third-order valence-electron chi connectivity index (χ3n) is 7.46. The molecular formula is C34H25N5O8S. The average Bonchev–Trinajstić information content (AvgIpc) is 3.38. The Balaban J connectivity index is 1.36. The summed E-state index contributed by atoms with van der Waals surface area (Å²) in [5.41, 5.74) is 1.33. The summed E-state index contributed by atoms with van der Waals surface area (Å²) in [6.07, 6.45) is 1.67. The molecule has 1 aromatic heterocycles. The fourth-order valence-electron chi connectivity index (χ4n) is 5.22. The fourth-order valence-corrected chi connectivity index (χ4v) is 6.26. The monoisotopic (exact) mass is 663 g/mol. The topological polar surface area (TPSA) is 168 Å². The highest BCUT2D eigenvalue weighted by molar-refractivity contribution is 7.07. The maximum absolute atomic E-state index is 14.0. The summed E-state index contributed by atoms with van der Waals surface area (Å²) in [4.78, 5) is 53.9. The minimum Gasteiger partial charge on any atom is -0.497 e. The van der Waals surface area contributed by atoms with E-state index in [1.807, 2.05) is 24.3 Å². The summed E-state index contributed by atoms with van der Waals surface area (Å²) in [6, 6.07) is 24.9. The van der Waals surface area contributed by atoms with Crippen molar-refractivity contribution in [1.82, 2.24) is 4.57 Å². The van der Waals surface area contributed by atoms with Gasteiger partial charge in [0.1, 0.15) is 11.5 Å². The van der Waals surface area contributed by atoms with Crippen molar-refractivity contribution < 1.29 is 24.1 Å². The number of methoxy groups -OCH3 is 1. The van der Waals surface area contributed by atoms with Gasteiger partial charge in [-0.3, -0.25) is 34.4 Å². The zero-order valence-electron chi connectivity index (χ0n) is 25.4. The standard InChI is InChI=1S/C34H25N5O8S/c1-20-30(32(40)36-23-8-4-3-5-9-23)31(22-7-6-10-26(18-22)46-2)37-33(41)29(48-34(37)35-20)17-21-11-14-25(15-12-21)47-28-16-13-24(38(42)43)19-27(28)39(44)45/h3-19,31H,1-2H3,(H,36,40)/b29-17-/t31-/m1/s1. The van der Waals surface area contributed by atoms with Crippen molar-refractivity contribution in [1.29, 1.82) is 0 Å². The minimum atomic E-state index is -0.796. The normalized spacial score (nSPS) is 14.1. The highest BCUT2D eigenvalue weighted by atomic mass is 32.1. The Morgan fingerprint density at radius 3 is 2.38 bits per heavy atom. The molecule has 0 aliphatic carbocycles. The van der Waals surface area contributed by atoms with Gasteiger partial charge in [0.25, 0.3) is 17.2 Å². The lowest BCUT2D eigenvalue weighted by atomic mass is 9.95. The van der Waals surface area contributed by atoms with E-state index in [4.69, 9.17) is 9.47 Å². The quantitative estimate of drug-likeness (QED) is 0.160. The van der Waals surface area contributed by atoms with Gasteiger partial charge in [-0.2, -0.15) is 0 Å². The molecule has 0 radical (unpaired) electrons. The van der Waals surface area contributed by atoms with Gasteiger partial charge in [0, 0.05) is 11.8 Å². The van der Waals surface area contributed by atoms with E-state index < -0.39 is 33.2 Å². The van der Waals surface area contributed by atoms with Crippen LogP contribution in [0.4, 0.5) is 17.1 Å². The molecule has 1 atom stereocenters. The zero-order valence-corrected chi connectivity index (χ0v) is 26.2. The molecule has 0 spiro atoms. The summed E-state index contributed by atoms with van der Waals surface area (Å²) in [5.74, 6) is 0.252. The van der Waals surface area contributed by atoms with Crippen LogP contribution in [0.25, 0.3) is 6.08 Å². The second-order valence-electron chi connectivity index (χ2n) is 10.5. The first kappa shape index (κ1) is 31.6. The molecule has 0 saturated carbocycles. The van der Waals surface area contributed by atoms with Crippen LogP contribution in [-0.2, 0) is 4.79 Å². The third-order valence-corrected chi connectivity index (χ3v) is 8.45. The predicted octanol–water partition coefficient (Wildman–Crippen LogP) is 5.49. The molecule has 0 saturated heterocycles. The molecule has 48 heavy (non-hydrogen) atoms. The largest absolute Gasteiger partial charge is 0.497 e. The Hall–Kier alpha value is -6.41. The number of carbonyl (C=O) groups excluding carboxylic acids is 1. The van der Waals surface area contributed by atoms with Gasteiger partial charge in [-0.05, 0) is 66.6 Å². The van der Waals surface area contributed by atoms with Crippen LogP contribution in [0.15, 0.2) is 118 Å². The Morgan fingerprint density at radius 2 is 1.69 bits per heavy atom. The molecule has 240 valence electrons. The van der Waals surface area contributed by atoms with E-state index in [1.165, 1.54) is 29.1 Å². The number of nitrogens with one attached hydrogen (secondary N) is 1. The molecule has 1 aliphatic rings. The summed E-state index contributed by atoms with van der Waals surface area (Å²) in [5, 5.41) is 25.5. The number of nitrogens with zero attached hydrogens (tertiary/aromatic N) is 4. The molecule has 1 aliphatic heterocycles. The van der Waals surface area contributed by atoms with Crippen LogP contribution in [0.5, 0.6) is 17.2 Å². The number of anilines is 1. The van der Waals surface area contributed by atoms with Gasteiger partial charge in [-0.15, -0.1) is 0 Å². The van der Waals surface area contributed by atoms with Crippen molar-refractivity contribution in [2.45, 2.75) is 13.0 Å². The van der Waals surface area contributed by atoms with Crippen molar-refractivity contribution in [3.05, 3.63) is 159 Å². The van der Waals surface area contributed by atoms with E-state index >= 15 is 0 Å². The lowest BCUT2D eigenvalue weighted by Gasteiger charge is -2.25. The number of aromatic nitrogens is 1. The van der Waals surface area contributed by atoms with Crippen molar-refractivity contribution in [3.8, 4) is 17.2 Å². The van der Waals surface area contributed by atoms with Crippen LogP contribution in [0.3, 0.4) is 0 Å². The number of hydrogen-bond donors (Lipinski definition) is 1. The Morgan fingerprint density at radius 1 is 0.938 bits per heavy atom. The number of nitro groups is 2.